The van der Waals surface area contributed by atoms with Gasteiger partial charge in [0.1, 0.15) is 11.7 Å². The molecule has 0 spiro atoms. The molecule has 2 fully saturated rings. The molecule has 2 rings (SSSR count). The van der Waals surface area contributed by atoms with E-state index in [0.29, 0.717) is 0 Å². The van der Waals surface area contributed by atoms with Crippen LogP contribution in [0, 0.1) is 5.41 Å². The van der Waals surface area contributed by atoms with Crippen molar-refractivity contribution >= 4 is 0 Å². The molecule has 0 unspecified atom stereocenters. The number of aliphatic hydroxyl groups is 4. The number of aliphatic hydroxyl groups excluding tert-OH is 1. The third-order valence-corrected chi connectivity index (χ3v) is 3.62. The molecule has 82 valence electrons. The lowest BCUT2D eigenvalue weighted by Crippen LogP contribution is -2.50. The van der Waals surface area contributed by atoms with E-state index in [4.69, 9.17) is 4.74 Å². The molecule has 5 heteroatoms. The van der Waals surface area contributed by atoms with Crippen molar-refractivity contribution in [3.63, 3.8) is 0 Å². The summed E-state index contributed by atoms with van der Waals surface area (Å²) in [5, 5.41) is 38.7. The maximum absolute atomic E-state index is 10.1. The SMILES string of the molecule is CC1(C)[C@@H](O)[C@@]1(O)[C@H]1OCCC1(O)O. The maximum atomic E-state index is 10.1. The molecule has 0 aromatic rings. The summed E-state index contributed by atoms with van der Waals surface area (Å²) in [4.78, 5) is 0. The highest BCUT2D eigenvalue weighted by atomic mass is 16.6. The number of hydrogen-bond acceptors (Lipinski definition) is 5. The molecule has 1 aliphatic heterocycles. The highest BCUT2D eigenvalue weighted by molar-refractivity contribution is 5.26. The molecule has 2 aliphatic rings. The second-order valence-electron chi connectivity index (χ2n) is 4.83. The number of hydrogen-bond donors (Lipinski definition) is 4. The highest BCUT2D eigenvalue weighted by Crippen LogP contribution is 2.60. The van der Waals surface area contributed by atoms with Gasteiger partial charge in [0.05, 0.1) is 12.7 Å². The first kappa shape index (κ1) is 10.3. The summed E-state index contributed by atoms with van der Waals surface area (Å²) < 4.78 is 5.09. The van der Waals surface area contributed by atoms with Crippen LogP contribution >= 0.6 is 0 Å². The molecule has 1 saturated heterocycles. The van der Waals surface area contributed by atoms with Gasteiger partial charge in [-0.05, 0) is 0 Å². The van der Waals surface area contributed by atoms with Crippen molar-refractivity contribution in [3.05, 3.63) is 0 Å². The first-order chi connectivity index (χ1) is 6.24. The van der Waals surface area contributed by atoms with E-state index in [1.165, 1.54) is 0 Å². The van der Waals surface area contributed by atoms with Gasteiger partial charge in [0, 0.05) is 11.8 Å². The fourth-order valence-electron chi connectivity index (χ4n) is 2.30. The summed E-state index contributed by atoms with van der Waals surface area (Å²) in [7, 11) is 0. The molecule has 1 aliphatic carbocycles. The van der Waals surface area contributed by atoms with Gasteiger partial charge >= 0.3 is 0 Å². The molecular formula is C9H16O5. The molecule has 0 radical (unpaired) electrons. The zero-order chi connectivity index (χ0) is 10.8. The van der Waals surface area contributed by atoms with Crippen LogP contribution in [0.25, 0.3) is 0 Å². The van der Waals surface area contributed by atoms with Crippen molar-refractivity contribution < 1.29 is 25.2 Å². The smallest absolute Gasteiger partial charge is 0.194 e. The summed E-state index contributed by atoms with van der Waals surface area (Å²) in [6, 6.07) is 0. The van der Waals surface area contributed by atoms with Gasteiger partial charge < -0.3 is 25.2 Å². The van der Waals surface area contributed by atoms with E-state index in [1.807, 2.05) is 0 Å². The van der Waals surface area contributed by atoms with Crippen LogP contribution in [-0.4, -0.2) is 50.6 Å². The van der Waals surface area contributed by atoms with Gasteiger partial charge in [-0.2, -0.15) is 0 Å². The Bertz CT molecular complexity index is 262. The quantitative estimate of drug-likeness (QED) is 0.394. The van der Waals surface area contributed by atoms with Crippen molar-refractivity contribution in [2.24, 2.45) is 5.41 Å². The third-order valence-electron chi connectivity index (χ3n) is 3.62. The predicted octanol–water partition coefficient (Wildman–Crippen LogP) is -1.41. The van der Waals surface area contributed by atoms with E-state index < -0.39 is 29.0 Å². The fourth-order valence-corrected chi connectivity index (χ4v) is 2.30. The Morgan fingerprint density at radius 1 is 1.21 bits per heavy atom. The normalized spacial score (nSPS) is 49.3. The topological polar surface area (TPSA) is 90.2 Å². The molecule has 0 aromatic heterocycles. The molecule has 14 heavy (non-hydrogen) atoms. The molecule has 1 heterocycles. The minimum Gasteiger partial charge on any atom is -0.389 e. The van der Waals surface area contributed by atoms with Crippen LogP contribution in [0.3, 0.4) is 0 Å². The molecule has 4 N–H and O–H groups in total. The Kier molecular flexibility index (Phi) is 1.83. The summed E-state index contributed by atoms with van der Waals surface area (Å²) >= 11 is 0. The van der Waals surface area contributed by atoms with Crippen molar-refractivity contribution in [1.82, 2.24) is 0 Å². The molecular weight excluding hydrogens is 188 g/mol. The molecule has 3 atom stereocenters. The van der Waals surface area contributed by atoms with Crippen molar-refractivity contribution in [2.75, 3.05) is 6.61 Å². The van der Waals surface area contributed by atoms with Crippen LogP contribution in [0.4, 0.5) is 0 Å². The van der Waals surface area contributed by atoms with Gasteiger partial charge in [-0.25, -0.2) is 0 Å². The predicted molar refractivity (Wildman–Crippen MR) is 46.3 cm³/mol. The first-order valence-corrected chi connectivity index (χ1v) is 4.71. The van der Waals surface area contributed by atoms with Gasteiger partial charge in [-0.3, -0.25) is 0 Å². The van der Waals surface area contributed by atoms with E-state index >= 15 is 0 Å². The van der Waals surface area contributed by atoms with Gasteiger partial charge in [-0.1, -0.05) is 13.8 Å². The number of ether oxygens (including phenoxy) is 1. The van der Waals surface area contributed by atoms with Crippen molar-refractivity contribution in [1.29, 1.82) is 0 Å². The largest absolute Gasteiger partial charge is 0.389 e. The van der Waals surface area contributed by atoms with E-state index in [1.54, 1.807) is 13.8 Å². The lowest BCUT2D eigenvalue weighted by molar-refractivity contribution is -0.230. The van der Waals surface area contributed by atoms with Crippen molar-refractivity contribution in [2.45, 2.75) is 43.9 Å². The Hall–Kier alpha value is -0.200. The first-order valence-electron chi connectivity index (χ1n) is 4.71. The Morgan fingerprint density at radius 3 is 2.00 bits per heavy atom. The second kappa shape index (κ2) is 2.48. The van der Waals surface area contributed by atoms with Gasteiger partial charge in [0.15, 0.2) is 5.79 Å². The molecule has 0 aromatic carbocycles. The molecule has 0 bridgehead atoms. The molecule has 1 saturated carbocycles. The van der Waals surface area contributed by atoms with Gasteiger partial charge in [0.2, 0.25) is 0 Å². The van der Waals surface area contributed by atoms with E-state index in [9.17, 15) is 20.4 Å². The van der Waals surface area contributed by atoms with Crippen LogP contribution in [0.1, 0.15) is 20.3 Å². The van der Waals surface area contributed by atoms with E-state index in [-0.39, 0.29) is 13.0 Å². The Labute approximate surface area is 81.9 Å². The van der Waals surface area contributed by atoms with Gasteiger partial charge in [0.25, 0.3) is 0 Å². The van der Waals surface area contributed by atoms with E-state index in [2.05, 4.69) is 0 Å². The third kappa shape index (κ3) is 0.963. The van der Waals surface area contributed by atoms with Crippen LogP contribution < -0.4 is 0 Å². The lowest BCUT2D eigenvalue weighted by atomic mass is 9.96. The second-order valence-corrected chi connectivity index (χ2v) is 4.83. The zero-order valence-corrected chi connectivity index (χ0v) is 8.27. The highest BCUT2D eigenvalue weighted by Gasteiger charge is 2.78. The van der Waals surface area contributed by atoms with Gasteiger partial charge in [-0.15, -0.1) is 0 Å². The fraction of sp³-hybridized carbons (Fsp3) is 1.00. The number of rotatable bonds is 1. The summed E-state index contributed by atoms with van der Waals surface area (Å²) in [5.74, 6) is -2.04. The Balaban J connectivity index is 2.26. The molecule has 5 nitrogen and oxygen atoms in total. The minimum absolute atomic E-state index is 0.0583. The average molecular weight is 204 g/mol. The summed E-state index contributed by atoms with van der Waals surface area (Å²) in [6.45, 7) is 3.51. The lowest BCUT2D eigenvalue weighted by Gasteiger charge is -2.28. The van der Waals surface area contributed by atoms with Crippen LogP contribution in [-0.2, 0) is 4.74 Å². The van der Waals surface area contributed by atoms with Crippen LogP contribution in [0.2, 0.25) is 0 Å². The summed E-state index contributed by atoms with van der Waals surface area (Å²) in [6.07, 6.45) is -2.04. The average Bonchev–Trinajstić information content (AvgIpc) is 2.45. The monoisotopic (exact) mass is 204 g/mol. The maximum Gasteiger partial charge on any atom is 0.194 e. The minimum atomic E-state index is -2.04. The summed E-state index contributed by atoms with van der Waals surface area (Å²) in [5.41, 5.74) is -2.30. The van der Waals surface area contributed by atoms with Crippen molar-refractivity contribution in [3.8, 4) is 0 Å². The Morgan fingerprint density at radius 2 is 1.71 bits per heavy atom. The zero-order valence-electron chi connectivity index (χ0n) is 8.27. The molecule has 0 amide bonds. The standard InChI is InChI=1S/C9H16O5/c1-7(2)5(10)9(7,13)6-8(11,12)3-4-14-6/h5-6,10-13H,3-4H2,1-2H3/t5-,6+,9-/m1/s1. The van der Waals surface area contributed by atoms with Crippen LogP contribution in [0.5, 0.6) is 0 Å². The van der Waals surface area contributed by atoms with E-state index in [0.717, 1.165) is 0 Å². The van der Waals surface area contributed by atoms with Crippen LogP contribution in [0.15, 0.2) is 0 Å².